The van der Waals surface area contributed by atoms with Gasteiger partial charge in [0.05, 0.1) is 30.5 Å². The molecule has 0 amide bonds. The fourth-order valence-electron chi connectivity index (χ4n) is 3.12. The number of carbonyl (C=O) groups excluding carboxylic acids is 1. The molecule has 0 unspecified atom stereocenters. The van der Waals surface area contributed by atoms with Crippen molar-refractivity contribution in [2.75, 3.05) is 11.9 Å². The van der Waals surface area contributed by atoms with E-state index in [1.165, 1.54) is 0 Å². The maximum atomic E-state index is 12.0. The van der Waals surface area contributed by atoms with E-state index in [4.69, 9.17) is 22.3 Å². The van der Waals surface area contributed by atoms with Gasteiger partial charge in [0.25, 0.3) is 0 Å². The summed E-state index contributed by atoms with van der Waals surface area (Å²) in [6.45, 7) is 3.13. The molecule has 29 heavy (non-hydrogen) atoms. The molecule has 3 aromatic rings. The molecule has 0 saturated heterocycles. The number of aliphatic imine (C=N–C) groups is 1. The first-order valence-corrected chi connectivity index (χ1v) is 9.51. The van der Waals surface area contributed by atoms with E-state index < -0.39 is 0 Å². The fourth-order valence-corrected chi connectivity index (χ4v) is 3.37. The van der Waals surface area contributed by atoms with E-state index in [0.717, 1.165) is 12.1 Å². The van der Waals surface area contributed by atoms with E-state index in [0.29, 0.717) is 29.3 Å². The Morgan fingerprint density at radius 3 is 2.93 bits per heavy atom. The number of carbonyl (C=O) groups is 1. The molecule has 9 heteroatoms. The van der Waals surface area contributed by atoms with Gasteiger partial charge in [-0.2, -0.15) is 0 Å². The minimum absolute atomic E-state index is 0.00443. The SMILES string of the molecule is CC1=C/C(=N\c2c(NCCn3cc[n+](C)c3)nn3ccccc23)C(N)=C(Cl)C1=O. The lowest BCUT2D eigenvalue weighted by Gasteiger charge is -2.12. The third-order valence-electron chi connectivity index (χ3n) is 4.66. The summed E-state index contributed by atoms with van der Waals surface area (Å²) in [7, 11) is 1.98. The number of ketones is 1. The molecule has 0 saturated carbocycles. The molecule has 8 nitrogen and oxygen atoms in total. The van der Waals surface area contributed by atoms with Crippen molar-refractivity contribution in [2.24, 2.45) is 17.8 Å². The first-order valence-electron chi connectivity index (χ1n) is 9.13. The topological polar surface area (TPSA) is 93.6 Å². The van der Waals surface area contributed by atoms with E-state index in [2.05, 4.69) is 15.0 Å². The monoisotopic (exact) mass is 410 g/mol. The number of aromatic nitrogens is 4. The lowest BCUT2D eigenvalue weighted by molar-refractivity contribution is -0.671. The van der Waals surface area contributed by atoms with Crippen molar-refractivity contribution in [3.8, 4) is 0 Å². The number of pyridine rings is 1. The number of rotatable bonds is 5. The maximum absolute atomic E-state index is 12.0. The van der Waals surface area contributed by atoms with Crippen LogP contribution in [0, 0.1) is 0 Å². The lowest BCUT2D eigenvalue weighted by atomic mass is 10.0. The molecule has 3 heterocycles. The zero-order chi connectivity index (χ0) is 20.5. The molecule has 1 aliphatic rings. The van der Waals surface area contributed by atoms with Gasteiger partial charge in [-0.05, 0) is 25.1 Å². The average Bonchev–Trinajstić information content (AvgIpc) is 3.28. The van der Waals surface area contributed by atoms with Crippen LogP contribution in [0.4, 0.5) is 11.5 Å². The summed E-state index contributed by atoms with van der Waals surface area (Å²) in [6.07, 6.45) is 9.51. The third kappa shape index (κ3) is 3.66. The Morgan fingerprint density at radius 1 is 1.34 bits per heavy atom. The number of nitrogens with one attached hydrogen (secondary N) is 1. The van der Waals surface area contributed by atoms with Crippen LogP contribution in [0.2, 0.25) is 0 Å². The Balaban J connectivity index is 1.69. The number of hydrogen-bond donors (Lipinski definition) is 2. The number of anilines is 1. The minimum atomic E-state index is -0.277. The summed E-state index contributed by atoms with van der Waals surface area (Å²) < 4.78 is 5.82. The highest BCUT2D eigenvalue weighted by Gasteiger charge is 2.23. The summed E-state index contributed by atoms with van der Waals surface area (Å²) in [4.78, 5) is 16.7. The Labute approximate surface area is 172 Å². The number of nitrogens with zero attached hydrogens (tertiary/aromatic N) is 5. The van der Waals surface area contributed by atoms with Gasteiger partial charge in [-0.1, -0.05) is 17.7 Å². The van der Waals surface area contributed by atoms with Gasteiger partial charge in [-0.3, -0.25) is 4.79 Å². The van der Waals surface area contributed by atoms with Crippen molar-refractivity contribution in [3.05, 3.63) is 65.5 Å². The molecule has 0 spiro atoms. The number of hydrogen-bond acceptors (Lipinski definition) is 5. The van der Waals surface area contributed by atoms with Crippen molar-refractivity contribution in [2.45, 2.75) is 13.5 Å². The van der Waals surface area contributed by atoms with Crippen molar-refractivity contribution < 1.29 is 9.36 Å². The van der Waals surface area contributed by atoms with Crippen LogP contribution in [0.1, 0.15) is 6.92 Å². The van der Waals surface area contributed by atoms with E-state index in [-0.39, 0.29) is 16.5 Å². The predicted octanol–water partition coefficient (Wildman–Crippen LogP) is 2.08. The largest absolute Gasteiger partial charge is 0.396 e. The first-order chi connectivity index (χ1) is 13.9. The van der Waals surface area contributed by atoms with E-state index >= 15 is 0 Å². The van der Waals surface area contributed by atoms with Gasteiger partial charge < -0.3 is 11.1 Å². The smallest absolute Gasteiger partial charge is 0.243 e. The lowest BCUT2D eigenvalue weighted by Crippen LogP contribution is -2.24. The van der Waals surface area contributed by atoms with Gasteiger partial charge in [0.1, 0.15) is 29.7 Å². The summed E-state index contributed by atoms with van der Waals surface area (Å²) >= 11 is 6.10. The maximum Gasteiger partial charge on any atom is 0.243 e. The van der Waals surface area contributed by atoms with Crippen LogP contribution in [-0.2, 0) is 18.4 Å². The minimum Gasteiger partial charge on any atom is -0.396 e. The normalized spacial score (nSPS) is 16.0. The van der Waals surface area contributed by atoms with Crippen LogP contribution in [0.25, 0.3) is 5.52 Å². The molecule has 4 rings (SSSR count). The third-order valence-corrected chi connectivity index (χ3v) is 5.03. The highest BCUT2D eigenvalue weighted by Crippen LogP contribution is 2.31. The molecule has 0 aromatic carbocycles. The zero-order valence-corrected chi connectivity index (χ0v) is 16.9. The molecule has 148 valence electrons. The van der Waals surface area contributed by atoms with E-state index in [1.807, 2.05) is 54.7 Å². The standard InChI is InChI=1S/C20H20ClN7O/c1-13-11-14(17(22)16(21)19(13)29)24-18-15-5-3-4-7-28(15)25-20(18)23-6-8-27-10-9-26(2)12-27/h3-5,7,9-12H,6,8H2,1-2H3,(H2-,22,23,25,29)/p+1/b24-14+. The summed E-state index contributed by atoms with van der Waals surface area (Å²) in [5, 5.41) is 7.94. The van der Waals surface area contributed by atoms with E-state index in [1.54, 1.807) is 17.5 Å². The average molecular weight is 411 g/mol. The van der Waals surface area contributed by atoms with Crippen molar-refractivity contribution >= 4 is 40.1 Å². The Kier molecular flexibility index (Phi) is 4.94. The second-order valence-corrected chi connectivity index (χ2v) is 7.23. The van der Waals surface area contributed by atoms with Crippen LogP contribution < -0.4 is 15.6 Å². The number of allylic oxidation sites excluding steroid dienone is 3. The van der Waals surface area contributed by atoms with Crippen molar-refractivity contribution in [1.82, 2.24) is 14.2 Å². The molecule has 0 fully saturated rings. The second-order valence-electron chi connectivity index (χ2n) is 6.85. The summed E-state index contributed by atoms with van der Waals surface area (Å²) in [6, 6.07) is 5.74. The van der Waals surface area contributed by atoms with Crippen LogP contribution in [0.5, 0.6) is 0 Å². The summed E-state index contributed by atoms with van der Waals surface area (Å²) in [5.41, 5.74) is 8.64. The van der Waals surface area contributed by atoms with Gasteiger partial charge >= 0.3 is 0 Å². The Morgan fingerprint density at radius 2 is 2.17 bits per heavy atom. The highest BCUT2D eigenvalue weighted by atomic mass is 35.5. The molecule has 3 N–H and O–H groups in total. The highest BCUT2D eigenvalue weighted by molar-refractivity contribution is 6.49. The van der Waals surface area contributed by atoms with Crippen LogP contribution in [-0.4, -0.2) is 32.2 Å². The molecule has 1 aliphatic carbocycles. The number of Topliss-reactive ketones (excluding diaryl/α,β-unsaturated/α-hetero) is 1. The van der Waals surface area contributed by atoms with Gasteiger partial charge in [0.15, 0.2) is 5.82 Å². The quantitative estimate of drug-likeness (QED) is 0.497. The molecule has 0 atom stereocenters. The van der Waals surface area contributed by atoms with Crippen LogP contribution >= 0.6 is 11.6 Å². The molecular weight excluding hydrogens is 390 g/mol. The number of halogens is 1. The number of fused-ring (bicyclic) bond motifs is 1. The molecule has 3 aromatic heterocycles. The van der Waals surface area contributed by atoms with Crippen molar-refractivity contribution in [3.63, 3.8) is 0 Å². The number of nitrogens with two attached hydrogens (primary N) is 1. The molecular formula is C20H21ClN7O+. The fraction of sp³-hybridized carbons (Fsp3) is 0.200. The van der Waals surface area contributed by atoms with Crippen LogP contribution in [0.15, 0.2) is 70.5 Å². The zero-order valence-electron chi connectivity index (χ0n) is 16.1. The Bertz CT molecular complexity index is 1200. The number of imidazole rings is 1. The Hall–Kier alpha value is -3.39. The predicted molar refractivity (Wildman–Crippen MR) is 112 cm³/mol. The van der Waals surface area contributed by atoms with Crippen LogP contribution in [0.3, 0.4) is 0 Å². The first kappa shape index (κ1) is 18.9. The van der Waals surface area contributed by atoms with Gasteiger partial charge in [0.2, 0.25) is 12.1 Å². The van der Waals surface area contributed by atoms with Crippen molar-refractivity contribution in [1.29, 1.82) is 0 Å². The molecule has 0 radical (unpaired) electrons. The molecule has 0 bridgehead atoms. The van der Waals surface area contributed by atoms with Gasteiger partial charge in [-0.15, -0.1) is 5.10 Å². The molecule has 0 aliphatic heterocycles. The van der Waals surface area contributed by atoms with E-state index in [9.17, 15) is 4.79 Å². The summed E-state index contributed by atoms with van der Waals surface area (Å²) in [5.74, 6) is 0.355. The van der Waals surface area contributed by atoms with Gasteiger partial charge in [0, 0.05) is 11.8 Å². The second kappa shape index (κ2) is 7.56. The van der Waals surface area contributed by atoms with Gasteiger partial charge in [-0.25, -0.2) is 18.6 Å². The number of aryl methyl sites for hydroxylation is 1.